The summed E-state index contributed by atoms with van der Waals surface area (Å²) in [5, 5.41) is 5.29. The third-order valence-electron chi connectivity index (χ3n) is 5.26. The maximum Gasteiger partial charge on any atom is 0.262 e. The number of benzene rings is 1. The van der Waals surface area contributed by atoms with Crippen LogP contribution in [0, 0.1) is 5.92 Å². The van der Waals surface area contributed by atoms with Crippen LogP contribution in [0.5, 0.6) is 0 Å². The molecule has 6 nitrogen and oxygen atoms in total. The number of amides is 1. The molecule has 1 saturated heterocycles. The largest absolute Gasteiger partial charge is 0.325 e. The number of anilines is 1. The zero-order valence-corrected chi connectivity index (χ0v) is 16.7. The Balaban J connectivity index is 1.40. The summed E-state index contributed by atoms with van der Waals surface area (Å²) in [5.74, 6) is 0.579. The monoisotopic (exact) mass is 396 g/mol. The molecule has 1 aliphatic rings. The van der Waals surface area contributed by atoms with Gasteiger partial charge < -0.3 is 5.32 Å². The van der Waals surface area contributed by atoms with Crippen molar-refractivity contribution in [3.05, 3.63) is 58.0 Å². The fourth-order valence-corrected chi connectivity index (χ4v) is 4.31. The van der Waals surface area contributed by atoms with Gasteiger partial charge in [0.1, 0.15) is 11.4 Å². The normalized spacial score (nSPS) is 15.8. The van der Waals surface area contributed by atoms with E-state index in [1.54, 1.807) is 6.07 Å². The fraction of sp³-hybridized carbons (Fsp3) is 0.381. The van der Waals surface area contributed by atoms with Crippen LogP contribution < -0.4 is 10.9 Å². The van der Waals surface area contributed by atoms with Gasteiger partial charge in [-0.1, -0.05) is 19.1 Å². The van der Waals surface area contributed by atoms with Crippen LogP contribution in [0.25, 0.3) is 10.2 Å². The maximum absolute atomic E-state index is 12.4. The number of carbonyl (C=O) groups is 1. The molecular formula is C21H24N4O2S. The van der Waals surface area contributed by atoms with Crippen LogP contribution in [0.4, 0.5) is 5.69 Å². The number of hydrogen-bond donors (Lipinski definition) is 1. The summed E-state index contributed by atoms with van der Waals surface area (Å²) in [5.41, 5.74) is 1.76. The Kier molecular flexibility index (Phi) is 5.54. The summed E-state index contributed by atoms with van der Waals surface area (Å²) in [4.78, 5) is 32.3. The van der Waals surface area contributed by atoms with Crippen LogP contribution >= 0.6 is 11.3 Å². The average Bonchev–Trinajstić information content (AvgIpc) is 3.16. The summed E-state index contributed by atoms with van der Waals surface area (Å²) in [6.45, 7) is 5.41. The van der Waals surface area contributed by atoms with E-state index in [4.69, 9.17) is 0 Å². The SMILES string of the molecule is CC1CCN(Cc2cccc(NC(=O)Cn3cnc4sccc4c3=O)c2)CC1. The van der Waals surface area contributed by atoms with Gasteiger partial charge in [-0.2, -0.15) is 0 Å². The molecule has 0 spiro atoms. The van der Waals surface area contributed by atoms with E-state index in [0.29, 0.717) is 10.2 Å². The van der Waals surface area contributed by atoms with Crippen LogP contribution in [-0.2, 0) is 17.9 Å². The van der Waals surface area contributed by atoms with Crippen molar-refractivity contribution in [1.82, 2.24) is 14.5 Å². The molecule has 0 radical (unpaired) electrons. The van der Waals surface area contributed by atoms with Crippen molar-refractivity contribution in [3.63, 3.8) is 0 Å². The zero-order valence-electron chi connectivity index (χ0n) is 15.9. The molecule has 0 bridgehead atoms. The molecule has 2 aromatic heterocycles. The van der Waals surface area contributed by atoms with Gasteiger partial charge in [-0.3, -0.25) is 19.1 Å². The third kappa shape index (κ3) is 4.31. The van der Waals surface area contributed by atoms with Crippen molar-refractivity contribution < 1.29 is 4.79 Å². The first-order chi connectivity index (χ1) is 13.6. The topological polar surface area (TPSA) is 67.2 Å². The number of rotatable bonds is 5. The van der Waals surface area contributed by atoms with E-state index in [9.17, 15) is 9.59 Å². The summed E-state index contributed by atoms with van der Waals surface area (Å²) in [6.07, 6.45) is 3.93. The first-order valence-corrected chi connectivity index (χ1v) is 10.5. The van der Waals surface area contributed by atoms with E-state index in [2.05, 4.69) is 28.2 Å². The smallest absolute Gasteiger partial charge is 0.262 e. The number of nitrogens with one attached hydrogen (secondary N) is 1. The Labute approximate surface area is 167 Å². The number of hydrogen-bond acceptors (Lipinski definition) is 5. The van der Waals surface area contributed by atoms with Gasteiger partial charge in [0.15, 0.2) is 0 Å². The maximum atomic E-state index is 12.4. The highest BCUT2D eigenvalue weighted by Gasteiger charge is 2.16. The lowest BCUT2D eigenvalue weighted by molar-refractivity contribution is -0.116. The Hall–Kier alpha value is -2.51. The molecule has 4 rings (SSSR count). The van der Waals surface area contributed by atoms with Gasteiger partial charge in [0.25, 0.3) is 5.56 Å². The minimum atomic E-state index is -0.234. The van der Waals surface area contributed by atoms with E-state index in [-0.39, 0.29) is 18.0 Å². The van der Waals surface area contributed by atoms with Gasteiger partial charge in [-0.05, 0) is 61.0 Å². The molecule has 1 N–H and O–H groups in total. The van der Waals surface area contributed by atoms with Gasteiger partial charge in [-0.25, -0.2) is 4.98 Å². The Bertz CT molecular complexity index is 1030. The van der Waals surface area contributed by atoms with Crippen molar-refractivity contribution >= 4 is 33.1 Å². The second-order valence-corrected chi connectivity index (χ2v) is 8.42. The van der Waals surface area contributed by atoms with E-state index in [1.807, 2.05) is 23.6 Å². The number of thiophene rings is 1. The third-order valence-corrected chi connectivity index (χ3v) is 6.08. The predicted octanol–water partition coefficient (Wildman–Crippen LogP) is 3.33. The Morgan fingerprint density at radius 3 is 2.93 bits per heavy atom. The molecule has 0 aliphatic carbocycles. The van der Waals surface area contributed by atoms with Gasteiger partial charge in [0.2, 0.25) is 5.91 Å². The molecule has 3 aromatic rings. The number of nitrogens with zero attached hydrogens (tertiary/aromatic N) is 3. The molecule has 3 heterocycles. The Morgan fingerprint density at radius 1 is 1.29 bits per heavy atom. The molecule has 0 unspecified atom stereocenters. The van der Waals surface area contributed by atoms with Crippen LogP contribution in [0.3, 0.4) is 0 Å². The molecule has 28 heavy (non-hydrogen) atoms. The highest BCUT2D eigenvalue weighted by atomic mass is 32.1. The molecule has 1 amide bonds. The first kappa shape index (κ1) is 18.8. The molecule has 0 atom stereocenters. The minimum Gasteiger partial charge on any atom is -0.325 e. The number of carbonyl (C=O) groups excluding carboxylic acids is 1. The number of piperidine rings is 1. The second kappa shape index (κ2) is 8.24. The number of fused-ring (bicyclic) bond motifs is 1. The summed E-state index contributed by atoms with van der Waals surface area (Å²) >= 11 is 1.42. The van der Waals surface area contributed by atoms with Gasteiger partial charge in [0.05, 0.1) is 11.7 Å². The fourth-order valence-electron chi connectivity index (χ4n) is 3.59. The first-order valence-electron chi connectivity index (χ1n) is 9.62. The van der Waals surface area contributed by atoms with E-state index < -0.39 is 0 Å². The lowest BCUT2D eigenvalue weighted by atomic mass is 9.99. The zero-order chi connectivity index (χ0) is 19.5. The number of likely N-dealkylation sites (tertiary alicyclic amines) is 1. The van der Waals surface area contributed by atoms with Crippen LogP contribution in [0.15, 0.2) is 46.8 Å². The van der Waals surface area contributed by atoms with Crippen molar-refractivity contribution in [2.75, 3.05) is 18.4 Å². The van der Waals surface area contributed by atoms with E-state index in [1.165, 1.54) is 40.6 Å². The predicted molar refractivity (Wildman–Crippen MR) is 113 cm³/mol. The van der Waals surface area contributed by atoms with Crippen molar-refractivity contribution in [3.8, 4) is 0 Å². The second-order valence-electron chi connectivity index (χ2n) is 7.52. The van der Waals surface area contributed by atoms with E-state index in [0.717, 1.165) is 31.2 Å². The van der Waals surface area contributed by atoms with Crippen molar-refractivity contribution in [2.24, 2.45) is 5.92 Å². The average molecular weight is 397 g/mol. The summed E-state index contributed by atoms with van der Waals surface area (Å²) < 4.78 is 1.35. The molecule has 0 saturated carbocycles. The standard InChI is InChI=1S/C21H24N4O2S/c1-15-5-8-24(9-6-15)12-16-3-2-4-17(11-16)23-19(26)13-25-14-22-20-18(21(25)27)7-10-28-20/h2-4,7,10-11,14-15H,5-6,8-9,12-13H2,1H3,(H,23,26). The lowest BCUT2D eigenvalue weighted by Crippen LogP contribution is -2.32. The molecule has 1 aromatic carbocycles. The molecule has 1 fully saturated rings. The van der Waals surface area contributed by atoms with Gasteiger partial charge in [-0.15, -0.1) is 11.3 Å². The van der Waals surface area contributed by atoms with Crippen LogP contribution in [-0.4, -0.2) is 33.4 Å². The highest BCUT2D eigenvalue weighted by molar-refractivity contribution is 7.16. The number of aromatic nitrogens is 2. The van der Waals surface area contributed by atoms with E-state index >= 15 is 0 Å². The molecular weight excluding hydrogens is 372 g/mol. The van der Waals surface area contributed by atoms with Crippen molar-refractivity contribution in [1.29, 1.82) is 0 Å². The molecule has 146 valence electrons. The van der Waals surface area contributed by atoms with Crippen LogP contribution in [0.2, 0.25) is 0 Å². The summed E-state index contributed by atoms with van der Waals surface area (Å²) in [6, 6.07) is 9.69. The van der Waals surface area contributed by atoms with Gasteiger partial charge in [0, 0.05) is 12.2 Å². The quantitative estimate of drug-likeness (QED) is 0.718. The summed E-state index contributed by atoms with van der Waals surface area (Å²) in [7, 11) is 0. The lowest BCUT2D eigenvalue weighted by Gasteiger charge is -2.30. The van der Waals surface area contributed by atoms with Gasteiger partial charge >= 0.3 is 0 Å². The molecule has 7 heteroatoms. The highest BCUT2D eigenvalue weighted by Crippen LogP contribution is 2.19. The molecule has 1 aliphatic heterocycles. The minimum absolute atomic E-state index is 0.0497. The Morgan fingerprint density at radius 2 is 2.11 bits per heavy atom. The van der Waals surface area contributed by atoms with Crippen LogP contribution in [0.1, 0.15) is 25.3 Å². The van der Waals surface area contributed by atoms with Crippen molar-refractivity contribution in [2.45, 2.75) is 32.9 Å².